The third-order valence-corrected chi connectivity index (χ3v) is 12.0. The second kappa shape index (κ2) is 10.5. The van der Waals surface area contributed by atoms with Crippen LogP contribution in [0, 0.1) is 28.6 Å². The molecule has 44 heavy (non-hydrogen) atoms. The summed E-state index contributed by atoms with van der Waals surface area (Å²) in [5.74, 6) is -3.98. The molecule has 0 bridgehead atoms. The molecule has 1 N–H and O–H groups in total. The topological polar surface area (TPSA) is 111 Å². The molecular weight excluding hydrogens is 590 g/mol. The summed E-state index contributed by atoms with van der Waals surface area (Å²) in [6, 6.07) is 8.75. The lowest BCUT2D eigenvalue weighted by molar-refractivity contribution is -0.228. The Labute approximate surface area is 258 Å². The van der Waals surface area contributed by atoms with Crippen LogP contribution in [-0.4, -0.2) is 57.1 Å². The van der Waals surface area contributed by atoms with Gasteiger partial charge in [-0.05, 0) is 62.0 Å². The number of fused-ring (bicyclic) bond motifs is 6. The fourth-order valence-corrected chi connectivity index (χ4v) is 9.99. The highest BCUT2D eigenvalue weighted by Crippen LogP contribution is 2.72. The molecule has 0 aliphatic heterocycles. The highest BCUT2D eigenvalue weighted by Gasteiger charge is 2.78. The van der Waals surface area contributed by atoms with Crippen LogP contribution < -0.4 is 0 Å². The van der Waals surface area contributed by atoms with Crippen molar-refractivity contribution in [1.29, 1.82) is 0 Å². The number of aliphatic hydroxyl groups is 1. The predicted octanol–water partition coefficient (Wildman–Crippen LogP) is 6.13. The zero-order valence-corrected chi connectivity index (χ0v) is 25.9. The Balaban J connectivity index is 1.36. The van der Waals surface area contributed by atoms with Crippen molar-refractivity contribution in [3.63, 3.8) is 0 Å². The fraction of sp³-hybridized carbons (Fsp3) is 0.529. The van der Waals surface area contributed by atoms with Gasteiger partial charge in [0, 0.05) is 34.5 Å². The monoisotopic (exact) mass is 626 g/mol. The fourth-order valence-electron chi connectivity index (χ4n) is 8.90. The van der Waals surface area contributed by atoms with E-state index in [4.69, 9.17) is 9.15 Å². The van der Waals surface area contributed by atoms with Gasteiger partial charge in [-0.3, -0.25) is 19.2 Å². The molecule has 0 radical (unpaired) electrons. The van der Waals surface area contributed by atoms with Crippen molar-refractivity contribution in [3.05, 3.63) is 59.9 Å². The number of hydrogen-bond donors (Lipinski definition) is 1. The van der Waals surface area contributed by atoms with E-state index in [1.54, 1.807) is 45.0 Å². The number of halogens is 2. The number of rotatable bonds is 6. The van der Waals surface area contributed by atoms with Crippen molar-refractivity contribution >= 4 is 45.4 Å². The van der Waals surface area contributed by atoms with E-state index in [1.165, 1.54) is 19.1 Å². The average Bonchev–Trinajstić information content (AvgIpc) is 3.52. The van der Waals surface area contributed by atoms with Crippen molar-refractivity contribution in [1.82, 2.24) is 0 Å². The van der Waals surface area contributed by atoms with Crippen LogP contribution in [0.4, 0.5) is 8.78 Å². The van der Waals surface area contributed by atoms with E-state index in [1.807, 2.05) is 6.07 Å². The molecule has 0 saturated heterocycles. The number of ketones is 2. The van der Waals surface area contributed by atoms with Gasteiger partial charge >= 0.3 is 5.97 Å². The zero-order chi connectivity index (χ0) is 31.8. The Hall–Kier alpha value is -3.11. The Kier molecular flexibility index (Phi) is 7.36. The number of aliphatic hydroxyl groups excluding tert-OH is 1. The standard InChI is InChI=1S/C34H36F2O7S/c1-5-29(40)43-34(30(41)44-17-25(38)27-13-19-8-6-7-9-26(19)42-27)18(2)12-21-22-15-24(35)23-14-20(37)10-11-31(23,3)33(22,36)28(39)16-32(21,34)4/h6-11,13-14,18,21-22,24,28,39H,5,12,15-17H2,1-4H3/t18-,21+,22+,24+,28+,31+,32+,33+,34+/m1/s1. The molecule has 0 amide bonds. The lowest BCUT2D eigenvalue weighted by atomic mass is 9.44. The highest BCUT2D eigenvalue weighted by atomic mass is 32.2. The number of benzene rings is 1. The summed E-state index contributed by atoms with van der Waals surface area (Å²) in [4.78, 5) is 52.5. The molecule has 0 spiro atoms. The van der Waals surface area contributed by atoms with Gasteiger partial charge in [0.25, 0.3) is 0 Å². The molecule has 6 rings (SSSR count). The van der Waals surface area contributed by atoms with Crippen LogP contribution in [-0.2, 0) is 19.1 Å². The number of carbonyl (C=O) groups excluding carboxylic acids is 4. The summed E-state index contributed by atoms with van der Waals surface area (Å²) in [5, 5.41) is 11.9. The smallest absolute Gasteiger partial charge is 0.306 e. The largest absolute Gasteiger partial charge is 0.453 e. The van der Waals surface area contributed by atoms with Crippen LogP contribution >= 0.6 is 11.8 Å². The van der Waals surface area contributed by atoms with Gasteiger partial charge in [-0.15, -0.1) is 0 Å². The SMILES string of the molecule is CCC(=O)O[C@]1(C(=O)SCC(=O)c2cc3ccccc3o2)[C@H](C)C[C@H]2[C@@H]3C[C@H](F)C4=CC(=O)C=C[C@]4(C)[C@@]3(F)[C@@H](O)C[C@@]21C. The summed E-state index contributed by atoms with van der Waals surface area (Å²) >= 11 is 0.711. The summed E-state index contributed by atoms with van der Waals surface area (Å²) in [6.45, 7) is 6.58. The molecule has 234 valence electrons. The normalized spacial score (nSPS) is 39.3. The van der Waals surface area contributed by atoms with Crippen LogP contribution in [0.3, 0.4) is 0 Å². The number of alkyl halides is 2. The molecule has 4 aliphatic rings. The quantitative estimate of drug-likeness (QED) is 0.301. The maximum absolute atomic E-state index is 17.6. The van der Waals surface area contributed by atoms with Gasteiger partial charge in [0.05, 0.1) is 11.9 Å². The van der Waals surface area contributed by atoms with Crippen molar-refractivity contribution in [2.75, 3.05) is 5.75 Å². The van der Waals surface area contributed by atoms with E-state index in [2.05, 4.69) is 0 Å². The minimum Gasteiger partial charge on any atom is -0.453 e. The third-order valence-electron chi connectivity index (χ3n) is 11.1. The minimum atomic E-state index is -2.33. The number of para-hydroxylation sites is 1. The Morgan fingerprint density at radius 1 is 1.16 bits per heavy atom. The molecule has 1 heterocycles. The van der Waals surface area contributed by atoms with Crippen LogP contribution in [0.25, 0.3) is 11.0 Å². The molecule has 0 unspecified atom stereocenters. The first-order valence-corrected chi connectivity index (χ1v) is 16.1. The van der Waals surface area contributed by atoms with Gasteiger partial charge in [-0.2, -0.15) is 0 Å². The summed E-state index contributed by atoms with van der Waals surface area (Å²) in [5.41, 5.74) is -6.43. The van der Waals surface area contributed by atoms with Crippen molar-refractivity contribution in [2.24, 2.45) is 28.6 Å². The summed E-state index contributed by atoms with van der Waals surface area (Å²) in [6.07, 6.45) is 0.107. The van der Waals surface area contributed by atoms with Gasteiger partial charge < -0.3 is 14.3 Å². The molecule has 10 heteroatoms. The maximum Gasteiger partial charge on any atom is 0.306 e. The van der Waals surface area contributed by atoms with E-state index in [-0.39, 0.29) is 42.8 Å². The van der Waals surface area contributed by atoms with Gasteiger partial charge in [0.15, 0.2) is 22.8 Å². The van der Waals surface area contributed by atoms with Gasteiger partial charge in [0.1, 0.15) is 11.8 Å². The van der Waals surface area contributed by atoms with Gasteiger partial charge in [-0.1, -0.05) is 56.8 Å². The first kappa shape index (κ1) is 30.9. The van der Waals surface area contributed by atoms with Crippen molar-refractivity contribution in [2.45, 2.75) is 76.9 Å². The summed E-state index contributed by atoms with van der Waals surface area (Å²) < 4.78 is 45.2. The lowest BCUT2D eigenvalue weighted by Gasteiger charge is -2.63. The van der Waals surface area contributed by atoms with Gasteiger partial charge in [-0.25, -0.2) is 8.78 Å². The first-order valence-electron chi connectivity index (χ1n) is 15.1. The minimum absolute atomic E-state index is 0.0110. The average molecular weight is 627 g/mol. The van der Waals surface area contributed by atoms with Crippen molar-refractivity contribution in [3.8, 4) is 0 Å². The summed E-state index contributed by atoms with van der Waals surface area (Å²) in [7, 11) is 0. The number of Topliss-reactive ketones (excluding diaryl/α,β-unsaturated/α-hetero) is 1. The zero-order valence-electron chi connectivity index (χ0n) is 25.1. The number of hydrogen-bond acceptors (Lipinski definition) is 8. The molecule has 2 aromatic rings. The highest BCUT2D eigenvalue weighted by molar-refractivity contribution is 8.14. The maximum atomic E-state index is 17.6. The molecule has 1 aromatic carbocycles. The van der Waals surface area contributed by atoms with Crippen LogP contribution in [0.5, 0.6) is 0 Å². The van der Waals surface area contributed by atoms with E-state index in [0.717, 1.165) is 11.5 Å². The lowest BCUT2D eigenvalue weighted by Crippen LogP contribution is -2.70. The number of furan rings is 1. The van der Waals surface area contributed by atoms with Crippen LogP contribution in [0.15, 0.2) is 58.6 Å². The van der Waals surface area contributed by atoms with E-state index in [0.29, 0.717) is 17.3 Å². The van der Waals surface area contributed by atoms with Crippen molar-refractivity contribution < 1.29 is 42.2 Å². The second-order valence-electron chi connectivity index (χ2n) is 13.2. The number of thioether (sulfide) groups is 1. The Morgan fingerprint density at radius 2 is 1.89 bits per heavy atom. The predicted molar refractivity (Wildman–Crippen MR) is 160 cm³/mol. The number of ether oxygens (including phenoxy) is 1. The molecular formula is C34H36F2O7S. The molecule has 3 saturated carbocycles. The number of esters is 1. The van der Waals surface area contributed by atoms with Gasteiger partial charge in [0.2, 0.25) is 10.9 Å². The Bertz CT molecular complexity index is 1600. The molecule has 3 fully saturated rings. The van der Waals surface area contributed by atoms with E-state index < -0.39 is 74.8 Å². The second-order valence-corrected chi connectivity index (χ2v) is 14.2. The first-order chi connectivity index (χ1) is 20.7. The van der Waals surface area contributed by atoms with Crippen LogP contribution in [0.2, 0.25) is 0 Å². The molecule has 9 atom stereocenters. The molecule has 1 aromatic heterocycles. The number of carbonyl (C=O) groups is 4. The molecule has 7 nitrogen and oxygen atoms in total. The molecule has 4 aliphatic carbocycles. The van der Waals surface area contributed by atoms with E-state index in [9.17, 15) is 24.3 Å². The third kappa shape index (κ3) is 4.09. The Morgan fingerprint density at radius 3 is 2.59 bits per heavy atom. The van der Waals surface area contributed by atoms with Crippen LogP contribution in [0.1, 0.15) is 63.9 Å². The van der Waals surface area contributed by atoms with E-state index >= 15 is 8.78 Å². The number of allylic oxidation sites excluding steroid dienone is 4.